The van der Waals surface area contributed by atoms with E-state index in [9.17, 15) is 22.8 Å². The highest BCUT2D eigenvalue weighted by molar-refractivity contribution is 6.30. The fraction of sp³-hybridized carbons (Fsp3) is 0.176. The van der Waals surface area contributed by atoms with E-state index in [0.29, 0.717) is 46.9 Å². The van der Waals surface area contributed by atoms with E-state index in [0.717, 1.165) is 11.1 Å². The Morgan fingerprint density at radius 2 is 1.59 bits per heavy atom. The van der Waals surface area contributed by atoms with E-state index in [-0.39, 0.29) is 23.9 Å². The summed E-state index contributed by atoms with van der Waals surface area (Å²) in [6.45, 7) is 1.72. The molecule has 3 nitrogen and oxygen atoms in total. The van der Waals surface area contributed by atoms with Crippen LogP contribution < -0.4 is 4.74 Å². The SMILES string of the molecule is CCc1cccc(C2CC(c3ccc(Cl)cc3)C=C2C(=O)c2c(F)cc(F)cc2F)c1OCC(=O)c1ccccc1. The lowest BCUT2D eigenvalue weighted by Gasteiger charge is -2.22. The van der Waals surface area contributed by atoms with E-state index in [1.54, 1.807) is 48.5 Å². The largest absolute Gasteiger partial charge is 0.485 e. The Hall–Kier alpha value is -4.16. The van der Waals surface area contributed by atoms with Crippen LogP contribution in [0.25, 0.3) is 0 Å². The molecule has 2 unspecified atom stereocenters. The number of benzene rings is 4. The Morgan fingerprint density at radius 1 is 0.902 bits per heavy atom. The Bertz CT molecular complexity index is 1610. The third kappa shape index (κ3) is 5.98. The molecule has 5 rings (SSSR count). The summed E-state index contributed by atoms with van der Waals surface area (Å²) in [6, 6.07) is 22.4. The summed E-state index contributed by atoms with van der Waals surface area (Å²) in [5, 5.41) is 0.549. The number of hydrogen-bond acceptors (Lipinski definition) is 3. The summed E-state index contributed by atoms with van der Waals surface area (Å²) < 4.78 is 49.3. The highest BCUT2D eigenvalue weighted by atomic mass is 35.5. The van der Waals surface area contributed by atoms with Crippen molar-refractivity contribution in [3.63, 3.8) is 0 Å². The second-order valence-corrected chi connectivity index (χ2v) is 10.3. The maximum atomic E-state index is 14.8. The minimum absolute atomic E-state index is 0.168. The van der Waals surface area contributed by atoms with Crippen LogP contribution in [-0.4, -0.2) is 18.2 Å². The first-order valence-electron chi connectivity index (χ1n) is 13.3. The third-order valence-electron chi connectivity index (χ3n) is 7.37. The molecule has 0 aliphatic heterocycles. The van der Waals surface area contributed by atoms with Gasteiger partial charge in [0.05, 0.1) is 5.56 Å². The lowest BCUT2D eigenvalue weighted by molar-refractivity contribution is 0.0918. The predicted molar refractivity (Wildman–Crippen MR) is 152 cm³/mol. The summed E-state index contributed by atoms with van der Waals surface area (Å²) in [4.78, 5) is 26.6. The predicted octanol–water partition coefficient (Wildman–Crippen LogP) is 8.66. The first kappa shape index (κ1) is 28.4. The van der Waals surface area contributed by atoms with Gasteiger partial charge < -0.3 is 4.74 Å². The van der Waals surface area contributed by atoms with Crippen LogP contribution in [0, 0.1) is 17.5 Å². The molecule has 0 N–H and O–H groups in total. The van der Waals surface area contributed by atoms with Crippen LogP contribution in [0.15, 0.2) is 96.6 Å². The molecule has 208 valence electrons. The zero-order valence-electron chi connectivity index (χ0n) is 22.2. The Kier molecular flexibility index (Phi) is 8.41. The van der Waals surface area contributed by atoms with E-state index < -0.39 is 34.7 Å². The van der Waals surface area contributed by atoms with Gasteiger partial charge in [0.15, 0.2) is 18.2 Å². The molecular weight excluding hydrogens is 549 g/mol. The van der Waals surface area contributed by atoms with Crippen LogP contribution in [0.2, 0.25) is 5.02 Å². The van der Waals surface area contributed by atoms with Crippen molar-refractivity contribution in [2.45, 2.75) is 31.6 Å². The van der Waals surface area contributed by atoms with Crippen LogP contribution in [-0.2, 0) is 6.42 Å². The van der Waals surface area contributed by atoms with Gasteiger partial charge in [-0.05, 0) is 36.1 Å². The van der Waals surface area contributed by atoms with E-state index in [4.69, 9.17) is 16.3 Å². The maximum Gasteiger partial charge on any atom is 0.200 e. The normalized spacial score (nSPS) is 16.4. The fourth-order valence-electron chi connectivity index (χ4n) is 5.33. The first-order chi connectivity index (χ1) is 19.8. The van der Waals surface area contributed by atoms with Crippen LogP contribution >= 0.6 is 11.6 Å². The smallest absolute Gasteiger partial charge is 0.200 e. The second-order valence-electron chi connectivity index (χ2n) is 9.91. The molecule has 41 heavy (non-hydrogen) atoms. The summed E-state index contributed by atoms with van der Waals surface area (Å²) in [5.74, 6) is -5.15. The first-order valence-corrected chi connectivity index (χ1v) is 13.6. The van der Waals surface area contributed by atoms with Crippen molar-refractivity contribution in [3.8, 4) is 5.75 Å². The number of halogens is 4. The number of ether oxygens (including phenoxy) is 1. The van der Waals surface area contributed by atoms with E-state index in [1.165, 1.54) is 0 Å². The number of Topliss-reactive ketones (excluding diaryl/α,β-unsaturated/α-hetero) is 2. The molecule has 0 amide bonds. The second kappa shape index (κ2) is 12.1. The van der Waals surface area contributed by atoms with Crippen molar-refractivity contribution in [2.24, 2.45) is 0 Å². The molecule has 0 spiro atoms. The average Bonchev–Trinajstić information content (AvgIpc) is 3.41. The third-order valence-corrected chi connectivity index (χ3v) is 7.62. The molecule has 0 saturated heterocycles. The van der Waals surface area contributed by atoms with Gasteiger partial charge in [-0.15, -0.1) is 0 Å². The molecule has 4 aromatic rings. The van der Waals surface area contributed by atoms with E-state index in [1.807, 2.05) is 37.3 Å². The molecule has 4 aromatic carbocycles. The number of ketones is 2. The zero-order valence-corrected chi connectivity index (χ0v) is 22.9. The standard InChI is InChI=1S/C34H26ClF3O3/c1-2-20-9-6-10-26(34(20)41-19-31(39)22-7-4-3-5-8-22)27-15-23(21-11-13-24(35)14-12-21)16-28(27)33(40)32-29(37)17-25(36)18-30(32)38/h3-14,16-18,23,27H,2,15,19H2,1H3. The average molecular weight is 575 g/mol. The van der Waals surface area contributed by atoms with Crippen molar-refractivity contribution in [2.75, 3.05) is 6.61 Å². The number of carbonyl (C=O) groups is 2. The van der Waals surface area contributed by atoms with Gasteiger partial charge in [0.2, 0.25) is 0 Å². The minimum atomic E-state index is -1.27. The summed E-state index contributed by atoms with van der Waals surface area (Å²) in [5.41, 5.74) is 2.18. The van der Waals surface area contributed by atoms with Crippen molar-refractivity contribution < 1.29 is 27.5 Å². The van der Waals surface area contributed by atoms with Gasteiger partial charge in [-0.2, -0.15) is 0 Å². The topological polar surface area (TPSA) is 43.4 Å². The highest BCUT2D eigenvalue weighted by Crippen LogP contribution is 2.48. The van der Waals surface area contributed by atoms with Crippen molar-refractivity contribution >= 4 is 23.2 Å². The van der Waals surface area contributed by atoms with Gasteiger partial charge in [-0.25, -0.2) is 13.2 Å². The molecule has 2 atom stereocenters. The monoisotopic (exact) mass is 574 g/mol. The molecular formula is C34H26ClF3O3. The lowest BCUT2D eigenvalue weighted by Crippen LogP contribution is -2.17. The number of allylic oxidation sites excluding steroid dienone is 2. The Balaban J connectivity index is 1.57. The Morgan fingerprint density at radius 3 is 2.24 bits per heavy atom. The zero-order chi connectivity index (χ0) is 29.1. The highest BCUT2D eigenvalue weighted by Gasteiger charge is 2.37. The van der Waals surface area contributed by atoms with Gasteiger partial charge in [-0.3, -0.25) is 9.59 Å². The van der Waals surface area contributed by atoms with Crippen molar-refractivity contribution in [1.29, 1.82) is 0 Å². The Labute approximate surface area is 241 Å². The molecule has 0 fully saturated rings. The molecule has 1 aliphatic carbocycles. The number of rotatable bonds is 9. The number of hydrogen-bond donors (Lipinski definition) is 0. The fourth-order valence-corrected chi connectivity index (χ4v) is 5.46. The van der Waals surface area contributed by atoms with Gasteiger partial charge in [0.25, 0.3) is 0 Å². The van der Waals surface area contributed by atoms with Crippen LogP contribution in [0.5, 0.6) is 5.75 Å². The van der Waals surface area contributed by atoms with Gasteiger partial charge >= 0.3 is 0 Å². The van der Waals surface area contributed by atoms with Gasteiger partial charge in [0.1, 0.15) is 23.2 Å². The minimum Gasteiger partial charge on any atom is -0.485 e. The lowest BCUT2D eigenvalue weighted by atomic mass is 9.85. The van der Waals surface area contributed by atoms with Gasteiger partial charge in [0, 0.05) is 45.7 Å². The molecule has 0 bridgehead atoms. The summed E-state index contributed by atoms with van der Waals surface area (Å²) in [6.07, 6.45) is 2.70. The van der Waals surface area contributed by atoms with E-state index >= 15 is 0 Å². The maximum absolute atomic E-state index is 14.8. The van der Waals surface area contributed by atoms with E-state index in [2.05, 4.69) is 0 Å². The molecule has 0 saturated carbocycles. The van der Waals surface area contributed by atoms with Crippen LogP contribution in [0.4, 0.5) is 13.2 Å². The molecule has 0 heterocycles. The molecule has 0 aromatic heterocycles. The number of para-hydroxylation sites is 1. The quantitative estimate of drug-likeness (QED) is 0.188. The number of carbonyl (C=O) groups excluding carboxylic acids is 2. The van der Waals surface area contributed by atoms with Crippen LogP contribution in [0.3, 0.4) is 0 Å². The van der Waals surface area contributed by atoms with Crippen molar-refractivity contribution in [1.82, 2.24) is 0 Å². The van der Waals surface area contributed by atoms with Crippen LogP contribution in [0.1, 0.15) is 62.6 Å². The van der Waals surface area contributed by atoms with Gasteiger partial charge in [-0.1, -0.05) is 85.3 Å². The number of aryl methyl sites for hydroxylation is 1. The molecule has 7 heteroatoms. The van der Waals surface area contributed by atoms with Crippen molar-refractivity contribution in [3.05, 3.63) is 147 Å². The summed E-state index contributed by atoms with van der Waals surface area (Å²) in [7, 11) is 0. The molecule has 0 radical (unpaired) electrons. The summed E-state index contributed by atoms with van der Waals surface area (Å²) >= 11 is 6.08. The molecule has 1 aliphatic rings.